The minimum Gasteiger partial charge on any atom is -0.490 e. The second kappa shape index (κ2) is 8.37. The third-order valence-electron chi connectivity index (χ3n) is 4.69. The van der Waals surface area contributed by atoms with E-state index in [0.717, 1.165) is 15.4 Å². The minimum atomic E-state index is -0.277. The van der Waals surface area contributed by atoms with Crippen LogP contribution in [0.1, 0.15) is 31.2 Å². The van der Waals surface area contributed by atoms with Crippen molar-refractivity contribution in [2.24, 2.45) is 0 Å². The number of benzene rings is 2. The molecule has 2 aromatic carbocycles. The molecule has 0 saturated heterocycles. The summed E-state index contributed by atoms with van der Waals surface area (Å²) in [6.45, 7) is 5.43. The number of nitrogens with one attached hydrogen (secondary N) is 1. The van der Waals surface area contributed by atoms with Gasteiger partial charge in [0.1, 0.15) is 19.0 Å². The highest BCUT2D eigenvalue weighted by Gasteiger charge is 2.19. The smallest absolute Gasteiger partial charge is 0.225 e. The van der Waals surface area contributed by atoms with Crippen LogP contribution in [0.15, 0.2) is 45.3 Å². The molecule has 6 nitrogen and oxygen atoms in total. The van der Waals surface area contributed by atoms with E-state index in [1.54, 1.807) is 0 Å². The van der Waals surface area contributed by atoms with Crippen molar-refractivity contribution in [1.29, 1.82) is 0 Å². The molecule has 152 valence electrons. The van der Waals surface area contributed by atoms with Gasteiger partial charge in [-0.3, -0.25) is 4.79 Å². The van der Waals surface area contributed by atoms with Gasteiger partial charge in [0.25, 0.3) is 0 Å². The fourth-order valence-electron chi connectivity index (χ4n) is 3.32. The van der Waals surface area contributed by atoms with Crippen LogP contribution in [0.4, 0.5) is 0 Å². The molecular formula is C22H22BrNO5. The van der Waals surface area contributed by atoms with Crippen LogP contribution < -0.4 is 19.5 Å². The zero-order valence-corrected chi connectivity index (χ0v) is 17.9. The molecular weight excluding hydrogens is 438 g/mol. The van der Waals surface area contributed by atoms with Crippen LogP contribution in [0.3, 0.4) is 0 Å². The SMILES string of the molecule is CCOc1cccc2cc(C(C)NC(=O)Cc3cc4c(cc3Br)OCCO4)oc12. The molecule has 1 aromatic heterocycles. The summed E-state index contributed by atoms with van der Waals surface area (Å²) in [4.78, 5) is 12.6. The number of ether oxygens (including phenoxy) is 3. The monoisotopic (exact) mass is 459 g/mol. The van der Waals surface area contributed by atoms with E-state index < -0.39 is 0 Å². The third kappa shape index (κ3) is 4.19. The van der Waals surface area contributed by atoms with Crippen LogP contribution in [0.5, 0.6) is 17.2 Å². The number of para-hydroxylation sites is 1. The molecule has 7 heteroatoms. The van der Waals surface area contributed by atoms with Crippen molar-refractivity contribution in [3.05, 3.63) is 52.2 Å². The quantitative estimate of drug-likeness (QED) is 0.573. The lowest BCUT2D eigenvalue weighted by Gasteiger charge is -2.20. The molecule has 1 atom stereocenters. The van der Waals surface area contributed by atoms with E-state index >= 15 is 0 Å². The van der Waals surface area contributed by atoms with Gasteiger partial charge < -0.3 is 23.9 Å². The van der Waals surface area contributed by atoms with Gasteiger partial charge in [0.05, 0.1) is 19.1 Å². The Morgan fingerprint density at radius 1 is 1.21 bits per heavy atom. The lowest BCUT2D eigenvalue weighted by Crippen LogP contribution is -2.28. The molecule has 3 aromatic rings. The van der Waals surface area contributed by atoms with Gasteiger partial charge in [-0.05, 0) is 43.7 Å². The molecule has 1 unspecified atom stereocenters. The number of fused-ring (bicyclic) bond motifs is 2. The maximum Gasteiger partial charge on any atom is 0.225 e. The Kier molecular flexibility index (Phi) is 5.67. The van der Waals surface area contributed by atoms with E-state index in [9.17, 15) is 4.79 Å². The van der Waals surface area contributed by atoms with Crippen molar-refractivity contribution in [2.45, 2.75) is 26.3 Å². The zero-order valence-electron chi connectivity index (χ0n) is 16.3. The van der Waals surface area contributed by atoms with Gasteiger partial charge >= 0.3 is 0 Å². The largest absolute Gasteiger partial charge is 0.490 e. The highest BCUT2D eigenvalue weighted by atomic mass is 79.9. The van der Waals surface area contributed by atoms with Crippen LogP contribution in [-0.4, -0.2) is 25.7 Å². The van der Waals surface area contributed by atoms with Crippen LogP contribution in [0.25, 0.3) is 11.0 Å². The van der Waals surface area contributed by atoms with Gasteiger partial charge in [-0.25, -0.2) is 0 Å². The maximum absolute atomic E-state index is 12.6. The van der Waals surface area contributed by atoms with Gasteiger partial charge in [-0.1, -0.05) is 28.1 Å². The number of amides is 1. The average molecular weight is 460 g/mol. The van der Waals surface area contributed by atoms with Crippen molar-refractivity contribution in [1.82, 2.24) is 5.32 Å². The summed E-state index contributed by atoms with van der Waals surface area (Å²) in [5.74, 6) is 2.63. The summed E-state index contributed by atoms with van der Waals surface area (Å²) in [7, 11) is 0. The van der Waals surface area contributed by atoms with Crippen LogP contribution in [-0.2, 0) is 11.2 Å². The first kappa shape index (κ1) is 19.6. The van der Waals surface area contributed by atoms with Gasteiger partial charge in [-0.2, -0.15) is 0 Å². The molecule has 1 aliphatic rings. The maximum atomic E-state index is 12.6. The standard InChI is InChI=1S/C22H22BrNO5/c1-3-26-17-6-4-5-14-9-18(29-22(14)17)13(2)24-21(25)11-15-10-19-20(12-16(15)23)28-8-7-27-19/h4-6,9-10,12-13H,3,7-8,11H2,1-2H3,(H,24,25). The number of hydrogen-bond donors (Lipinski definition) is 1. The predicted molar refractivity (Wildman–Crippen MR) is 113 cm³/mol. The zero-order chi connectivity index (χ0) is 20.4. The number of rotatable bonds is 6. The Labute approximate surface area is 177 Å². The number of furan rings is 1. The van der Waals surface area contributed by atoms with E-state index in [0.29, 0.717) is 48.4 Å². The summed E-state index contributed by atoms with van der Waals surface area (Å²) in [5, 5.41) is 3.94. The second-order valence-electron chi connectivity index (χ2n) is 6.81. The molecule has 0 saturated carbocycles. The Bertz CT molecular complexity index is 1050. The predicted octanol–water partition coefficient (Wildman–Crippen LogP) is 4.79. The summed E-state index contributed by atoms with van der Waals surface area (Å²) in [5.41, 5.74) is 1.53. The minimum absolute atomic E-state index is 0.111. The van der Waals surface area contributed by atoms with Gasteiger partial charge in [0, 0.05) is 9.86 Å². The van der Waals surface area contributed by atoms with Crippen molar-refractivity contribution < 1.29 is 23.4 Å². The lowest BCUT2D eigenvalue weighted by molar-refractivity contribution is -0.121. The second-order valence-corrected chi connectivity index (χ2v) is 7.66. The summed E-state index contributed by atoms with van der Waals surface area (Å²) >= 11 is 3.51. The van der Waals surface area contributed by atoms with Crippen LogP contribution in [0.2, 0.25) is 0 Å². The van der Waals surface area contributed by atoms with Crippen molar-refractivity contribution in [3.8, 4) is 17.2 Å². The number of carbonyl (C=O) groups excluding carboxylic acids is 1. The van der Waals surface area contributed by atoms with Crippen LogP contribution in [0, 0.1) is 0 Å². The number of halogens is 1. The van der Waals surface area contributed by atoms with E-state index in [4.69, 9.17) is 18.6 Å². The summed E-state index contributed by atoms with van der Waals surface area (Å²) < 4.78 is 23.6. The molecule has 0 bridgehead atoms. The summed E-state index contributed by atoms with van der Waals surface area (Å²) in [6, 6.07) is 11.1. The normalized spacial score (nSPS) is 13.9. The van der Waals surface area contributed by atoms with Crippen molar-refractivity contribution in [3.63, 3.8) is 0 Å². The number of hydrogen-bond acceptors (Lipinski definition) is 5. The fraction of sp³-hybridized carbons (Fsp3) is 0.318. The molecule has 0 aliphatic carbocycles. The van der Waals surface area contributed by atoms with E-state index in [-0.39, 0.29) is 18.4 Å². The average Bonchev–Trinajstić information content (AvgIpc) is 3.14. The first-order chi connectivity index (χ1) is 14.0. The molecule has 29 heavy (non-hydrogen) atoms. The summed E-state index contributed by atoms with van der Waals surface area (Å²) in [6.07, 6.45) is 0.214. The van der Waals surface area contributed by atoms with E-state index in [1.807, 2.05) is 50.2 Å². The van der Waals surface area contributed by atoms with Gasteiger partial charge in [-0.15, -0.1) is 0 Å². The highest BCUT2D eigenvalue weighted by Crippen LogP contribution is 2.36. The van der Waals surface area contributed by atoms with E-state index in [2.05, 4.69) is 21.2 Å². The molecule has 2 heterocycles. The highest BCUT2D eigenvalue weighted by molar-refractivity contribution is 9.10. The third-order valence-corrected chi connectivity index (χ3v) is 5.43. The van der Waals surface area contributed by atoms with Gasteiger partial charge in [0.15, 0.2) is 22.8 Å². The van der Waals surface area contributed by atoms with Crippen molar-refractivity contribution >= 4 is 32.8 Å². The molecule has 0 fully saturated rings. The molecule has 1 amide bonds. The van der Waals surface area contributed by atoms with Crippen molar-refractivity contribution in [2.75, 3.05) is 19.8 Å². The Morgan fingerprint density at radius 2 is 1.97 bits per heavy atom. The topological polar surface area (TPSA) is 69.9 Å². The van der Waals surface area contributed by atoms with E-state index in [1.165, 1.54) is 0 Å². The molecule has 4 rings (SSSR count). The first-order valence-electron chi connectivity index (χ1n) is 9.57. The van der Waals surface area contributed by atoms with Crippen LogP contribution >= 0.6 is 15.9 Å². The molecule has 1 aliphatic heterocycles. The Hall–Kier alpha value is -2.67. The Morgan fingerprint density at radius 3 is 2.72 bits per heavy atom. The molecule has 0 radical (unpaired) electrons. The van der Waals surface area contributed by atoms with Gasteiger partial charge in [0.2, 0.25) is 5.91 Å². The fourth-order valence-corrected chi connectivity index (χ4v) is 3.78. The Balaban J connectivity index is 1.47. The first-order valence-corrected chi connectivity index (χ1v) is 10.4. The lowest BCUT2D eigenvalue weighted by atomic mass is 10.1. The molecule has 1 N–H and O–H groups in total. The molecule has 0 spiro atoms. The number of carbonyl (C=O) groups is 1.